The van der Waals surface area contributed by atoms with Gasteiger partial charge < -0.3 is 10.0 Å². The molecule has 2 saturated heterocycles. The number of aromatic nitrogens is 1. The molecular weight excluding hydrogens is 725 g/mol. The van der Waals surface area contributed by atoms with E-state index >= 15 is 0 Å². The summed E-state index contributed by atoms with van der Waals surface area (Å²) in [6, 6.07) is 3.86. The predicted octanol–water partition coefficient (Wildman–Crippen LogP) is 6.13. The van der Waals surface area contributed by atoms with Gasteiger partial charge in [-0.05, 0) is 96.1 Å². The summed E-state index contributed by atoms with van der Waals surface area (Å²) in [5.41, 5.74) is -0.878. The third kappa shape index (κ3) is 9.89. The molecule has 0 radical (unpaired) electrons. The molecule has 3 heterocycles. The number of anilines is 1. The van der Waals surface area contributed by atoms with Crippen molar-refractivity contribution < 1.29 is 39.9 Å². The van der Waals surface area contributed by atoms with Crippen LogP contribution in [0.3, 0.4) is 0 Å². The molecule has 2 N–H and O–H groups in total. The summed E-state index contributed by atoms with van der Waals surface area (Å²) >= 11 is 3.46. The Hall–Kier alpha value is -2.27. The molecule has 1 atom stereocenters. The lowest BCUT2D eigenvalue weighted by Gasteiger charge is -2.34. The van der Waals surface area contributed by atoms with Crippen molar-refractivity contribution in [2.24, 2.45) is 17.8 Å². The van der Waals surface area contributed by atoms with E-state index in [9.17, 15) is 39.9 Å². The van der Waals surface area contributed by atoms with Gasteiger partial charge in [0.1, 0.15) is 16.8 Å². The number of nitrogens with zero attached hydrogens (tertiary/aromatic N) is 3. The molecule has 10 nitrogen and oxygen atoms in total. The van der Waals surface area contributed by atoms with Crippen LogP contribution >= 0.6 is 15.9 Å². The Balaban J connectivity index is 1.21. The van der Waals surface area contributed by atoms with E-state index in [1.165, 1.54) is 16.6 Å². The van der Waals surface area contributed by atoms with Crippen LogP contribution in [0.2, 0.25) is 0 Å². The number of alkyl halides is 3. The minimum Gasteiger partial charge on any atom is -0.480 e. The van der Waals surface area contributed by atoms with Gasteiger partial charge in [-0.1, -0.05) is 33.1 Å². The van der Waals surface area contributed by atoms with Gasteiger partial charge >= 0.3 is 12.1 Å². The second-order valence-corrected chi connectivity index (χ2v) is 17.4. The lowest BCUT2D eigenvalue weighted by Crippen LogP contribution is -2.41. The Labute approximate surface area is 283 Å². The van der Waals surface area contributed by atoms with Crippen molar-refractivity contribution in [2.45, 2.75) is 87.2 Å². The van der Waals surface area contributed by atoms with E-state index in [2.05, 4.69) is 30.5 Å². The van der Waals surface area contributed by atoms with Crippen molar-refractivity contribution in [1.82, 2.24) is 14.0 Å². The zero-order chi connectivity index (χ0) is 34.6. The molecule has 0 bridgehead atoms. The number of aliphatic carboxylic acids is 1. The van der Waals surface area contributed by atoms with Crippen LogP contribution in [0.4, 0.5) is 19.0 Å². The number of sulfonamides is 2. The molecule has 47 heavy (non-hydrogen) atoms. The lowest BCUT2D eigenvalue weighted by molar-refractivity contribution is -0.139. The van der Waals surface area contributed by atoms with Crippen LogP contribution in [0, 0.1) is 17.8 Å². The number of carboxylic acid groups (broad SMARTS) is 1. The number of benzene rings is 1. The molecule has 1 aromatic heterocycles. The SMILES string of the molecule is CC(C)CC(NS(=O)(=O)c1cnc(N2CCC(CCCC3CCN(S(=O)(=O)c4ccc(C(F)(F)F)cc4)CC3)CC2)c(Br)c1)C(=O)O. The zero-order valence-electron chi connectivity index (χ0n) is 26.4. The molecule has 0 saturated carbocycles. The highest BCUT2D eigenvalue weighted by Gasteiger charge is 2.33. The van der Waals surface area contributed by atoms with Gasteiger partial charge in [-0.3, -0.25) is 4.79 Å². The van der Waals surface area contributed by atoms with Crippen LogP contribution in [-0.4, -0.2) is 69.4 Å². The molecule has 262 valence electrons. The average Bonchev–Trinajstić information content (AvgIpc) is 3.00. The molecule has 0 amide bonds. The molecule has 16 heteroatoms. The minimum atomic E-state index is -4.52. The Kier molecular flexibility index (Phi) is 12.4. The Morgan fingerprint density at radius 3 is 2.02 bits per heavy atom. The summed E-state index contributed by atoms with van der Waals surface area (Å²) in [5.74, 6) is 0.323. The highest BCUT2D eigenvalue weighted by Crippen LogP contribution is 2.34. The monoisotopic (exact) mass is 766 g/mol. The summed E-state index contributed by atoms with van der Waals surface area (Å²) in [6.45, 7) is 5.86. The molecular formula is C31H42BrF3N4O6S2. The lowest BCUT2D eigenvalue weighted by atomic mass is 9.87. The first-order valence-corrected chi connectivity index (χ1v) is 19.5. The van der Waals surface area contributed by atoms with Crippen LogP contribution in [0.5, 0.6) is 0 Å². The first-order chi connectivity index (χ1) is 22.0. The third-order valence-corrected chi connectivity index (χ3v) is 12.9. The van der Waals surface area contributed by atoms with Gasteiger partial charge in [-0.15, -0.1) is 0 Å². The maximum atomic E-state index is 13.0. The van der Waals surface area contributed by atoms with E-state index in [-0.39, 0.29) is 22.1 Å². The van der Waals surface area contributed by atoms with E-state index in [0.29, 0.717) is 48.1 Å². The fourth-order valence-corrected chi connectivity index (χ4v) is 9.64. The predicted molar refractivity (Wildman–Crippen MR) is 175 cm³/mol. The standard InChI is InChI=1S/C31H42BrF3N4O6S2/c1-21(2)18-28(30(40)41)37-46(42,43)26-19-27(32)29(36-20-26)38-14-10-22(11-15-38)4-3-5-23-12-16-39(17-13-23)47(44,45)25-8-6-24(7-9-25)31(33,34)35/h6-9,19-23,28,37H,3-5,10-18H2,1-2H3,(H,40,41). The second-order valence-electron chi connectivity index (χ2n) is 12.8. The van der Waals surface area contributed by atoms with E-state index in [1.807, 2.05) is 13.8 Å². The van der Waals surface area contributed by atoms with Crippen molar-refractivity contribution in [3.8, 4) is 0 Å². The van der Waals surface area contributed by atoms with Crippen molar-refractivity contribution >= 4 is 47.8 Å². The molecule has 2 fully saturated rings. The molecule has 1 unspecified atom stereocenters. The highest BCUT2D eigenvalue weighted by molar-refractivity contribution is 9.10. The smallest absolute Gasteiger partial charge is 0.416 e. The number of pyridine rings is 1. The van der Waals surface area contributed by atoms with Crippen molar-refractivity contribution in [3.63, 3.8) is 0 Å². The summed E-state index contributed by atoms with van der Waals surface area (Å²) in [4.78, 5) is 17.8. The fourth-order valence-electron chi connectivity index (χ4n) is 6.25. The van der Waals surface area contributed by atoms with Crippen molar-refractivity contribution in [1.29, 1.82) is 0 Å². The topological polar surface area (TPSA) is 137 Å². The molecule has 2 aliphatic heterocycles. The van der Waals surface area contributed by atoms with Gasteiger partial charge in [0.05, 0.1) is 14.9 Å². The molecule has 2 aromatic rings. The number of piperidine rings is 2. The summed E-state index contributed by atoms with van der Waals surface area (Å²) in [5, 5.41) is 9.43. The maximum absolute atomic E-state index is 13.0. The number of nitrogens with one attached hydrogen (secondary N) is 1. The largest absolute Gasteiger partial charge is 0.480 e. The Morgan fingerprint density at radius 2 is 1.53 bits per heavy atom. The summed E-state index contributed by atoms with van der Waals surface area (Å²) in [7, 11) is -7.93. The van der Waals surface area contributed by atoms with Gasteiger partial charge in [0, 0.05) is 32.4 Å². The normalized spacial score (nSPS) is 18.5. The Bertz CT molecular complexity index is 1590. The van der Waals surface area contributed by atoms with Crippen molar-refractivity contribution in [2.75, 3.05) is 31.1 Å². The quantitative estimate of drug-likeness (QED) is 0.249. The molecule has 0 aliphatic carbocycles. The van der Waals surface area contributed by atoms with E-state index < -0.39 is 43.8 Å². The van der Waals surface area contributed by atoms with E-state index in [0.717, 1.165) is 69.5 Å². The third-order valence-electron chi connectivity index (χ3n) is 8.94. The number of halogens is 4. The first kappa shape index (κ1) is 37.5. The van der Waals surface area contributed by atoms with Crippen LogP contribution in [-0.2, 0) is 31.0 Å². The molecule has 1 aromatic carbocycles. The van der Waals surface area contributed by atoms with Crippen LogP contribution in [0.15, 0.2) is 50.8 Å². The molecule has 2 aliphatic rings. The molecule has 0 spiro atoms. The van der Waals surface area contributed by atoms with Gasteiger partial charge in [0.25, 0.3) is 0 Å². The van der Waals surface area contributed by atoms with Gasteiger partial charge in [0.15, 0.2) is 0 Å². The van der Waals surface area contributed by atoms with Crippen LogP contribution < -0.4 is 9.62 Å². The van der Waals surface area contributed by atoms with Crippen LogP contribution in [0.1, 0.15) is 70.8 Å². The van der Waals surface area contributed by atoms with E-state index in [1.54, 1.807) is 0 Å². The number of carboxylic acids is 1. The van der Waals surface area contributed by atoms with Gasteiger partial charge in [-0.25, -0.2) is 21.8 Å². The van der Waals surface area contributed by atoms with Crippen molar-refractivity contribution in [3.05, 3.63) is 46.6 Å². The second kappa shape index (κ2) is 15.5. The fraction of sp³-hybridized carbons (Fsp3) is 0.613. The van der Waals surface area contributed by atoms with Gasteiger partial charge in [-0.2, -0.15) is 22.2 Å². The van der Waals surface area contributed by atoms with Gasteiger partial charge in [0.2, 0.25) is 20.0 Å². The Morgan fingerprint density at radius 1 is 0.979 bits per heavy atom. The highest BCUT2D eigenvalue weighted by atomic mass is 79.9. The average molecular weight is 768 g/mol. The number of hydrogen-bond acceptors (Lipinski definition) is 7. The zero-order valence-corrected chi connectivity index (χ0v) is 29.6. The first-order valence-electron chi connectivity index (χ1n) is 15.8. The minimum absolute atomic E-state index is 0.00966. The van der Waals surface area contributed by atoms with E-state index in [4.69, 9.17) is 0 Å². The summed E-state index contributed by atoms with van der Waals surface area (Å²) < 4.78 is 94.4. The maximum Gasteiger partial charge on any atom is 0.416 e. The summed E-state index contributed by atoms with van der Waals surface area (Å²) in [6.07, 6.45) is 3.30. The number of hydrogen-bond donors (Lipinski definition) is 2. The molecule has 4 rings (SSSR count). The number of rotatable bonds is 13. The number of carbonyl (C=O) groups is 1. The van der Waals surface area contributed by atoms with Crippen LogP contribution in [0.25, 0.3) is 0 Å².